The normalized spacial score (nSPS) is 23.5. The summed E-state index contributed by atoms with van der Waals surface area (Å²) in [5, 5.41) is 0. The fourth-order valence-electron chi connectivity index (χ4n) is 3.57. The minimum Gasteiger partial charge on any atom is -0.497 e. The van der Waals surface area contributed by atoms with E-state index in [1.807, 2.05) is 26.0 Å². The van der Waals surface area contributed by atoms with Gasteiger partial charge in [0.15, 0.2) is 0 Å². The number of hydrogen-bond donors (Lipinski definition) is 0. The van der Waals surface area contributed by atoms with E-state index in [1.165, 1.54) is 12.8 Å². The van der Waals surface area contributed by atoms with Gasteiger partial charge < -0.3 is 4.74 Å². The molecule has 2 fully saturated rings. The van der Waals surface area contributed by atoms with Gasteiger partial charge in [-0.15, -0.1) is 0 Å². The van der Waals surface area contributed by atoms with Crippen LogP contribution in [0.5, 0.6) is 5.75 Å². The Morgan fingerprint density at radius 3 is 2.29 bits per heavy atom. The van der Waals surface area contributed by atoms with Crippen molar-refractivity contribution >= 4 is 10.0 Å². The quantitative estimate of drug-likeness (QED) is 0.859. The Bertz CT molecular complexity index is 626. The Hall–Kier alpha value is -1.07. The average Bonchev–Trinajstić information content (AvgIpc) is 3.14. The molecule has 1 heterocycles. The molecule has 3 rings (SSSR count). The highest BCUT2D eigenvalue weighted by Crippen LogP contribution is 2.43. The molecule has 0 N–H and O–H groups in total. The number of sulfonamides is 1. The average molecular weight is 309 g/mol. The van der Waals surface area contributed by atoms with Crippen molar-refractivity contribution in [2.24, 2.45) is 5.92 Å². The number of nitrogens with zero attached hydrogens (tertiary/aromatic N) is 1. The Labute approximate surface area is 127 Å². The third kappa shape index (κ3) is 2.57. The maximum atomic E-state index is 13.1. The first-order valence-corrected chi connectivity index (χ1v) is 9.06. The second-order valence-electron chi connectivity index (χ2n) is 6.25. The maximum Gasteiger partial charge on any atom is 0.243 e. The molecule has 21 heavy (non-hydrogen) atoms. The lowest BCUT2D eigenvalue weighted by molar-refractivity contribution is 0.356. The monoisotopic (exact) mass is 309 g/mol. The fourth-order valence-corrected chi connectivity index (χ4v) is 5.74. The van der Waals surface area contributed by atoms with Crippen LogP contribution in [-0.4, -0.2) is 32.4 Å². The van der Waals surface area contributed by atoms with E-state index >= 15 is 0 Å². The Kier molecular flexibility index (Phi) is 3.74. The van der Waals surface area contributed by atoms with E-state index in [2.05, 4.69) is 0 Å². The van der Waals surface area contributed by atoms with Crippen LogP contribution in [0, 0.1) is 19.8 Å². The zero-order valence-corrected chi connectivity index (χ0v) is 13.7. The molecule has 116 valence electrons. The van der Waals surface area contributed by atoms with Crippen molar-refractivity contribution in [2.45, 2.75) is 50.5 Å². The van der Waals surface area contributed by atoms with E-state index < -0.39 is 10.0 Å². The summed E-state index contributed by atoms with van der Waals surface area (Å²) in [6, 6.07) is 3.83. The van der Waals surface area contributed by atoms with E-state index in [4.69, 9.17) is 4.74 Å². The molecule has 5 heteroatoms. The minimum atomic E-state index is -3.40. The topological polar surface area (TPSA) is 46.6 Å². The predicted octanol–water partition coefficient (Wildman–Crippen LogP) is 2.88. The van der Waals surface area contributed by atoms with Gasteiger partial charge in [0.2, 0.25) is 10.0 Å². The second-order valence-corrected chi connectivity index (χ2v) is 8.08. The number of aryl methyl sites for hydroxylation is 2. The van der Waals surface area contributed by atoms with Gasteiger partial charge in [0.05, 0.1) is 12.0 Å². The zero-order chi connectivity index (χ0) is 15.2. The predicted molar refractivity (Wildman–Crippen MR) is 82.1 cm³/mol. The summed E-state index contributed by atoms with van der Waals surface area (Å²) in [7, 11) is -1.80. The molecule has 1 aromatic rings. The number of hydrogen-bond acceptors (Lipinski definition) is 3. The van der Waals surface area contributed by atoms with Gasteiger partial charge in [-0.3, -0.25) is 0 Å². The zero-order valence-electron chi connectivity index (χ0n) is 12.9. The summed E-state index contributed by atoms with van der Waals surface area (Å²) >= 11 is 0. The van der Waals surface area contributed by atoms with Gasteiger partial charge in [0, 0.05) is 12.6 Å². The third-order valence-corrected chi connectivity index (χ3v) is 6.88. The molecule has 0 spiro atoms. The fraction of sp³-hybridized carbons (Fsp3) is 0.625. The molecule has 1 aliphatic heterocycles. The summed E-state index contributed by atoms with van der Waals surface area (Å²) in [5.41, 5.74) is 1.54. The maximum absolute atomic E-state index is 13.1. The Morgan fingerprint density at radius 1 is 1.14 bits per heavy atom. The van der Waals surface area contributed by atoms with Gasteiger partial charge in [-0.25, -0.2) is 8.42 Å². The van der Waals surface area contributed by atoms with Crippen molar-refractivity contribution in [3.63, 3.8) is 0 Å². The van der Waals surface area contributed by atoms with Crippen LogP contribution in [0.3, 0.4) is 0 Å². The third-order valence-electron chi connectivity index (χ3n) is 4.65. The van der Waals surface area contributed by atoms with Gasteiger partial charge in [0.1, 0.15) is 5.75 Å². The molecule has 1 atom stereocenters. The van der Waals surface area contributed by atoms with E-state index in [1.54, 1.807) is 11.4 Å². The molecule has 1 unspecified atom stereocenters. The van der Waals surface area contributed by atoms with Crippen LogP contribution in [0.1, 0.15) is 36.8 Å². The van der Waals surface area contributed by atoms with Crippen LogP contribution in [0.4, 0.5) is 0 Å². The molecule has 4 nitrogen and oxygen atoms in total. The van der Waals surface area contributed by atoms with Gasteiger partial charge in [-0.1, -0.05) is 0 Å². The van der Waals surface area contributed by atoms with Gasteiger partial charge >= 0.3 is 0 Å². The Morgan fingerprint density at radius 2 is 1.76 bits per heavy atom. The largest absolute Gasteiger partial charge is 0.497 e. The molecule has 0 radical (unpaired) electrons. The number of methoxy groups -OCH3 is 1. The number of ether oxygens (including phenoxy) is 1. The summed E-state index contributed by atoms with van der Waals surface area (Å²) in [5.74, 6) is 1.30. The smallest absolute Gasteiger partial charge is 0.243 e. The number of benzene rings is 1. The summed E-state index contributed by atoms with van der Waals surface area (Å²) in [4.78, 5) is 0.468. The highest BCUT2D eigenvalue weighted by Gasteiger charge is 2.44. The lowest BCUT2D eigenvalue weighted by Crippen LogP contribution is -2.37. The van der Waals surface area contributed by atoms with E-state index in [0.29, 0.717) is 23.1 Å². The highest BCUT2D eigenvalue weighted by atomic mass is 32.2. The van der Waals surface area contributed by atoms with Crippen LogP contribution in [0.2, 0.25) is 0 Å². The van der Waals surface area contributed by atoms with Crippen molar-refractivity contribution in [2.75, 3.05) is 13.7 Å². The van der Waals surface area contributed by atoms with Crippen molar-refractivity contribution < 1.29 is 13.2 Å². The molecule has 0 aromatic heterocycles. The molecular weight excluding hydrogens is 286 g/mol. The first-order valence-electron chi connectivity index (χ1n) is 7.62. The van der Waals surface area contributed by atoms with Crippen LogP contribution >= 0.6 is 0 Å². The van der Waals surface area contributed by atoms with Crippen molar-refractivity contribution in [1.29, 1.82) is 0 Å². The Balaban J connectivity index is 2.02. The first-order chi connectivity index (χ1) is 9.95. The molecule has 2 aliphatic rings. The number of rotatable bonds is 4. The van der Waals surface area contributed by atoms with Gasteiger partial charge in [-0.05, 0) is 68.7 Å². The van der Waals surface area contributed by atoms with Crippen LogP contribution in [-0.2, 0) is 10.0 Å². The van der Waals surface area contributed by atoms with Gasteiger partial charge in [0.25, 0.3) is 0 Å². The lowest BCUT2D eigenvalue weighted by Gasteiger charge is -2.26. The van der Waals surface area contributed by atoms with Crippen LogP contribution in [0.25, 0.3) is 0 Å². The summed E-state index contributed by atoms with van der Waals surface area (Å²) < 4.78 is 33.2. The van der Waals surface area contributed by atoms with Crippen molar-refractivity contribution in [1.82, 2.24) is 4.31 Å². The van der Waals surface area contributed by atoms with Gasteiger partial charge in [-0.2, -0.15) is 4.31 Å². The highest BCUT2D eigenvalue weighted by molar-refractivity contribution is 7.89. The van der Waals surface area contributed by atoms with Crippen LogP contribution in [0.15, 0.2) is 17.0 Å². The molecule has 1 aliphatic carbocycles. The van der Waals surface area contributed by atoms with E-state index in [-0.39, 0.29) is 6.04 Å². The minimum absolute atomic E-state index is 0.218. The van der Waals surface area contributed by atoms with Crippen molar-refractivity contribution in [3.8, 4) is 5.75 Å². The first kappa shape index (κ1) is 14.9. The molecular formula is C16H23NO3S. The van der Waals surface area contributed by atoms with Crippen LogP contribution < -0.4 is 4.74 Å². The van der Waals surface area contributed by atoms with E-state index in [9.17, 15) is 8.42 Å². The molecule has 1 saturated carbocycles. The molecule has 1 saturated heterocycles. The molecule has 1 aromatic carbocycles. The summed E-state index contributed by atoms with van der Waals surface area (Å²) in [6.07, 6.45) is 4.35. The molecule has 0 amide bonds. The second kappa shape index (κ2) is 5.29. The lowest BCUT2D eigenvalue weighted by atomic mass is 10.1. The molecule has 0 bridgehead atoms. The SMILES string of the molecule is COc1cc(C)c(S(=O)(=O)N2CCCC2C2CC2)c(C)c1. The van der Waals surface area contributed by atoms with E-state index in [0.717, 1.165) is 24.0 Å². The standard InChI is InChI=1S/C16H23NO3S/c1-11-9-14(20-3)10-12(2)16(11)21(18,19)17-8-4-5-15(17)13-6-7-13/h9-10,13,15H,4-8H2,1-3H3. The van der Waals surface area contributed by atoms with Crippen molar-refractivity contribution in [3.05, 3.63) is 23.3 Å². The summed E-state index contributed by atoms with van der Waals surface area (Å²) in [6.45, 7) is 4.36.